The molecule has 1 unspecified atom stereocenters. The standard InChI is InChI=1S/C23H35N3O4/c1-3-25-13-4-5-19(25)17-24-23(28)18-6-8-20(9-7-18)30-21-10-14-26(15-11-21)22(27)12-16-29-2/h6-9,19,21H,3-5,10-17H2,1-2H3,(H,24,28). The van der Waals surface area contributed by atoms with Crippen LogP contribution in [0.2, 0.25) is 0 Å². The molecule has 0 saturated carbocycles. The first-order chi connectivity index (χ1) is 14.6. The SMILES string of the molecule is CCN1CCCC1CNC(=O)c1ccc(OC2CCN(C(=O)CCOC)CC2)cc1. The van der Waals surface area contributed by atoms with Gasteiger partial charge in [0.15, 0.2) is 0 Å². The van der Waals surface area contributed by atoms with Gasteiger partial charge in [-0.25, -0.2) is 0 Å². The van der Waals surface area contributed by atoms with Gasteiger partial charge in [0.05, 0.1) is 13.0 Å². The number of piperidine rings is 1. The Labute approximate surface area is 179 Å². The van der Waals surface area contributed by atoms with E-state index in [-0.39, 0.29) is 17.9 Å². The Kier molecular flexibility index (Phi) is 8.51. The number of hydrogen-bond donors (Lipinski definition) is 1. The van der Waals surface area contributed by atoms with Gasteiger partial charge in [-0.15, -0.1) is 0 Å². The van der Waals surface area contributed by atoms with Crippen LogP contribution in [0.5, 0.6) is 5.75 Å². The molecule has 166 valence electrons. The molecule has 1 aromatic carbocycles. The van der Waals surface area contributed by atoms with E-state index in [0.717, 1.165) is 38.1 Å². The topological polar surface area (TPSA) is 71.1 Å². The Morgan fingerprint density at radius 2 is 1.83 bits per heavy atom. The van der Waals surface area contributed by atoms with Crippen LogP contribution in [0.1, 0.15) is 49.4 Å². The molecule has 0 aromatic heterocycles. The van der Waals surface area contributed by atoms with E-state index in [1.165, 1.54) is 6.42 Å². The number of carbonyl (C=O) groups is 2. The van der Waals surface area contributed by atoms with E-state index in [0.29, 0.717) is 44.3 Å². The second kappa shape index (κ2) is 11.3. The number of ether oxygens (including phenoxy) is 2. The number of nitrogens with one attached hydrogen (secondary N) is 1. The second-order valence-corrected chi connectivity index (χ2v) is 8.10. The Hall–Kier alpha value is -2.12. The maximum Gasteiger partial charge on any atom is 0.251 e. The summed E-state index contributed by atoms with van der Waals surface area (Å²) in [7, 11) is 1.61. The molecule has 2 saturated heterocycles. The van der Waals surface area contributed by atoms with Crippen molar-refractivity contribution in [3.8, 4) is 5.75 Å². The number of benzene rings is 1. The summed E-state index contributed by atoms with van der Waals surface area (Å²) in [5.74, 6) is 0.876. The van der Waals surface area contributed by atoms with Crippen LogP contribution < -0.4 is 10.1 Å². The van der Waals surface area contributed by atoms with Crippen molar-refractivity contribution in [2.24, 2.45) is 0 Å². The van der Waals surface area contributed by atoms with E-state index in [1.807, 2.05) is 29.2 Å². The molecule has 1 aromatic rings. The van der Waals surface area contributed by atoms with Crippen LogP contribution >= 0.6 is 0 Å². The molecule has 0 aliphatic carbocycles. The van der Waals surface area contributed by atoms with Crippen LogP contribution in [0.25, 0.3) is 0 Å². The third kappa shape index (κ3) is 6.19. The summed E-state index contributed by atoms with van der Waals surface area (Å²) in [5, 5.41) is 3.07. The first-order valence-electron chi connectivity index (χ1n) is 11.2. The van der Waals surface area contributed by atoms with Gasteiger partial charge in [0, 0.05) is 51.2 Å². The summed E-state index contributed by atoms with van der Waals surface area (Å²) in [5.41, 5.74) is 0.655. The number of likely N-dealkylation sites (tertiary alicyclic amines) is 2. The quantitative estimate of drug-likeness (QED) is 0.668. The molecule has 1 atom stereocenters. The lowest BCUT2D eigenvalue weighted by Gasteiger charge is -2.32. The van der Waals surface area contributed by atoms with Crippen LogP contribution in [-0.4, -0.2) is 80.2 Å². The zero-order chi connectivity index (χ0) is 21.3. The van der Waals surface area contributed by atoms with E-state index in [2.05, 4.69) is 17.1 Å². The summed E-state index contributed by atoms with van der Waals surface area (Å²) in [6.07, 6.45) is 4.52. The number of carbonyl (C=O) groups excluding carboxylic acids is 2. The third-order valence-electron chi connectivity index (χ3n) is 6.14. The highest BCUT2D eigenvalue weighted by Gasteiger charge is 2.24. The van der Waals surface area contributed by atoms with Crippen molar-refractivity contribution in [2.45, 2.75) is 51.2 Å². The Morgan fingerprint density at radius 3 is 2.50 bits per heavy atom. The lowest BCUT2D eigenvalue weighted by atomic mass is 10.1. The van der Waals surface area contributed by atoms with Gasteiger partial charge in [0.2, 0.25) is 5.91 Å². The molecule has 2 heterocycles. The second-order valence-electron chi connectivity index (χ2n) is 8.10. The van der Waals surface area contributed by atoms with Crippen molar-refractivity contribution in [1.82, 2.24) is 15.1 Å². The fraction of sp³-hybridized carbons (Fsp3) is 0.652. The number of rotatable bonds is 9. The number of nitrogens with zero attached hydrogens (tertiary/aromatic N) is 2. The van der Waals surface area contributed by atoms with Gasteiger partial charge in [-0.3, -0.25) is 14.5 Å². The van der Waals surface area contributed by atoms with Crippen LogP contribution in [-0.2, 0) is 9.53 Å². The first kappa shape index (κ1) is 22.6. The van der Waals surface area contributed by atoms with Crippen molar-refractivity contribution in [2.75, 3.05) is 46.4 Å². The smallest absolute Gasteiger partial charge is 0.251 e. The van der Waals surface area contributed by atoms with Gasteiger partial charge in [0.1, 0.15) is 11.9 Å². The van der Waals surface area contributed by atoms with Crippen LogP contribution in [0.4, 0.5) is 0 Å². The maximum absolute atomic E-state index is 12.5. The largest absolute Gasteiger partial charge is 0.490 e. The van der Waals surface area contributed by atoms with Gasteiger partial charge in [-0.05, 0) is 50.2 Å². The third-order valence-corrected chi connectivity index (χ3v) is 6.14. The molecular weight excluding hydrogens is 382 g/mol. The molecule has 2 fully saturated rings. The molecule has 30 heavy (non-hydrogen) atoms. The minimum Gasteiger partial charge on any atom is -0.490 e. The molecule has 7 nitrogen and oxygen atoms in total. The number of methoxy groups -OCH3 is 1. The Balaban J connectivity index is 1.41. The minimum atomic E-state index is -0.0348. The molecule has 2 amide bonds. The van der Waals surface area contributed by atoms with Crippen molar-refractivity contribution >= 4 is 11.8 Å². The molecule has 0 radical (unpaired) electrons. The molecule has 2 aliphatic rings. The highest BCUT2D eigenvalue weighted by molar-refractivity contribution is 5.94. The van der Waals surface area contributed by atoms with Gasteiger partial charge in [0.25, 0.3) is 5.91 Å². The molecule has 1 N–H and O–H groups in total. The Morgan fingerprint density at radius 1 is 1.10 bits per heavy atom. The number of amides is 2. The lowest BCUT2D eigenvalue weighted by Crippen LogP contribution is -2.42. The van der Waals surface area contributed by atoms with Crippen molar-refractivity contribution < 1.29 is 19.1 Å². The summed E-state index contributed by atoms with van der Waals surface area (Å²) in [6.45, 7) is 6.92. The molecule has 7 heteroatoms. The fourth-order valence-corrected chi connectivity index (χ4v) is 4.30. The highest BCUT2D eigenvalue weighted by Crippen LogP contribution is 2.20. The Bertz CT molecular complexity index is 686. The zero-order valence-electron chi connectivity index (χ0n) is 18.3. The monoisotopic (exact) mass is 417 g/mol. The maximum atomic E-state index is 12.5. The zero-order valence-corrected chi connectivity index (χ0v) is 18.3. The van der Waals surface area contributed by atoms with E-state index in [9.17, 15) is 9.59 Å². The number of likely N-dealkylation sites (N-methyl/N-ethyl adjacent to an activating group) is 1. The van der Waals surface area contributed by atoms with Crippen molar-refractivity contribution in [3.05, 3.63) is 29.8 Å². The van der Waals surface area contributed by atoms with E-state index >= 15 is 0 Å². The van der Waals surface area contributed by atoms with Crippen LogP contribution in [0, 0.1) is 0 Å². The van der Waals surface area contributed by atoms with Crippen LogP contribution in [0.15, 0.2) is 24.3 Å². The first-order valence-corrected chi connectivity index (χ1v) is 11.2. The minimum absolute atomic E-state index is 0.0348. The summed E-state index contributed by atoms with van der Waals surface area (Å²) < 4.78 is 11.0. The van der Waals surface area contributed by atoms with E-state index < -0.39 is 0 Å². The van der Waals surface area contributed by atoms with Gasteiger partial charge in [-0.1, -0.05) is 6.92 Å². The average Bonchev–Trinajstić information content (AvgIpc) is 3.24. The fourth-order valence-electron chi connectivity index (χ4n) is 4.30. The summed E-state index contributed by atoms with van der Waals surface area (Å²) >= 11 is 0. The van der Waals surface area contributed by atoms with E-state index in [1.54, 1.807) is 7.11 Å². The van der Waals surface area contributed by atoms with Gasteiger partial charge in [-0.2, -0.15) is 0 Å². The highest BCUT2D eigenvalue weighted by atomic mass is 16.5. The molecule has 0 bridgehead atoms. The molecule has 3 rings (SSSR count). The lowest BCUT2D eigenvalue weighted by molar-refractivity contribution is -0.133. The summed E-state index contributed by atoms with van der Waals surface area (Å²) in [4.78, 5) is 28.8. The molecular formula is C23H35N3O4. The normalized spacial score (nSPS) is 20.3. The van der Waals surface area contributed by atoms with Crippen molar-refractivity contribution in [1.29, 1.82) is 0 Å². The predicted molar refractivity (Wildman–Crippen MR) is 116 cm³/mol. The molecule has 2 aliphatic heterocycles. The summed E-state index contributed by atoms with van der Waals surface area (Å²) in [6, 6.07) is 7.81. The van der Waals surface area contributed by atoms with E-state index in [4.69, 9.17) is 9.47 Å². The van der Waals surface area contributed by atoms with Gasteiger partial charge < -0.3 is 19.7 Å². The average molecular weight is 418 g/mol. The van der Waals surface area contributed by atoms with Crippen molar-refractivity contribution in [3.63, 3.8) is 0 Å². The molecule has 0 spiro atoms. The van der Waals surface area contributed by atoms with Gasteiger partial charge >= 0.3 is 0 Å². The van der Waals surface area contributed by atoms with Crippen LogP contribution in [0.3, 0.4) is 0 Å². The number of hydrogen-bond acceptors (Lipinski definition) is 5. The predicted octanol–water partition coefficient (Wildman–Crippen LogP) is 2.31.